The van der Waals surface area contributed by atoms with Gasteiger partial charge < -0.3 is 4.90 Å². The average Bonchev–Trinajstić information content (AvgIpc) is 2.60. The van der Waals surface area contributed by atoms with Crippen LogP contribution in [0.1, 0.15) is 29.6 Å². The van der Waals surface area contributed by atoms with E-state index in [1.165, 1.54) is 6.20 Å². The summed E-state index contributed by atoms with van der Waals surface area (Å²) in [5.74, 6) is -0.737. The number of amides is 1. The summed E-state index contributed by atoms with van der Waals surface area (Å²) in [6.45, 7) is 4.30. The Bertz CT molecular complexity index is 453. The summed E-state index contributed by atoms with van der Waals surface area (Å²) >= 11 is 0. The molecule has 3 nitrogen and oxygen atoms in total. The molecule has 0 N–H and O–H groups in total. The molecule has 1 saturated heterocycles. The van der Waals surface area contributed by atoms with Gasteiger partial charge in [-0.3, -0.25) is 9.59 Å². The molecule has 0 radical (unpaired) electrons. The Hall–Kier alpha value is -1.90. The van der Waals surface area contributed by atoms with Crippen molar-refractivity contribution in [1.82, 2.24) is 4.90 Å². The molecule has 0 bridgehead atoms. The van der Waals surface area contributed by atoms with Crippen LogP contribution in [-0.4, -0.2) is 23.1 Å². The quantitative estimate of drug-likeness (QED) is 0.604. The number of hydrogen-bond donors (Lipinski definition) is 0. The fourth-order valence-electron chi connectivity index (χ4n) is 2.29. The van der Waals surface area contributed by atoms with Gasteiger partial charge in [0.2, 0.25) is 5.91 Å². The van der Waals surface area contributed by atoms with Gasteiger partial charge in [-0.2, -0.15) is 0 Å². The molecule has 1 aliphatic heterocycles. The second kappa shape index (κ2) is 5.63. The van der Waals surface area contributed by atoms with Gasteiger partial charge in [0, 0.05) is 12.1 Å². The summed E-state index contributed by atoms with van der Waals surface area (Å²) in [7, 11) is 0. The Kier molecular flexibility index (Phi) is 3.92. The van der Waals surface area contributed by atoms with Crippen molar-refractivity contribution < 1.29 is 9.59 Å². The van der Waals surface area contributed by atoms with E-state index in [4.69, 9.17) is 0 Å². The van der Waals surface area contributed by atoms with E-state index in [1.807, 2.05) is 18.2 Å². The van der Waals surface area contributed by atoms with Gasteiger partial charge in [0.05, 0.1) is 0 Å². The number of nitrogens with zero attached hydrogens (tertiary/aromatic N) is 1. The third kappa shape index (κ3) is 2.50. The van der Waals surface area contributed by atoms with E-state index in [0.717, 1.165) is 12.8 Å². The van der Waals surface area contributed by atoms with E-state index in [-0.39, 0.29) is 11.7 Å². The van der Waals surface area contributed by atoms with Crippen LogP contribution in [0, 0.1) is 5.92 Å². The van der Waals surface area contributed by atoms with E-state index < -0.39 is 5.92 Å². The molecular formula is C15H17NO2. The number of ketones is 1. The Morgan fingerprint density at radius 2 is 2.00 bits per heavy atom. The molecule has 2 rings (SSSR count). The van der Waals surface area contributed by atoms with Crippen molar-refractivity contribution in [2.24, 2.45) is 5.92 Å². The highest BCUT2D eigenvalue weighted by Crippen LogP contribution is 2.22. The normalized spacial score (nSPS) is 20.3. The predicted octanol–water partition coefficient (Wildman–Crippen LogP) is 2.64. The number of hydrogen-bond acceptors (Lipinski definition) is 2. The summed E-state index contributed by atoms with van der Waals surface area (Å²) in [5.41, 5.74) is 0.613. The SMILES string of the molecule is C=CN1CCCC[C@H](C(=O)c2ccccc2)C1=O. The number of carbonyl (C=O) groups is 2. The Morgan fingerprint density at radius 1 is 1.28 bits per heavy atom. The molecule has 1 aromatic rings. The number of benzene rings is 1. The maximum atomic E-state index is 12.3. The molecule has 3 heteroatoms. The van der Waals surface area contributed by atoms with Crippen LogP contribution in [0.3, 0.4) is 0 Å². The first-order valence-electron chi connectivity index (χ1n) is 6.26. The van der Waals surface area contributed by atoms with Crippen LogP contribution in [0.2, 0.25) is 0 Å². The third-order valence-corrected chi connectivity index (χ3v) is 3.32. The second-order valence-electron chi connectivity index (χ2n) is 4.49. The lowest BCUT2D eigenvalue weighted by atomic mass is 9.93. The monoisotopic (exact) mass is 243 g/mol. The molecule has 0 spiro atoms. The summed E-state index contributed by atoms with van der Waals surface area (Å²) in [4.78, 5) is 26.1. The number of rotatable bonds is 3. The highest BCUT2D eigenvalue weighted by Gasteiger charge is 2.31. The molecule has 0 aliphatic carbocycles. The zero-order valence-corrected chi connectivity index (χ0v) is 10.3. The second-order valence-corrected chi connectivity index (χ2v) is 4.49. The first-order chi connectivity index (χ1) is 8.74. The van der Waals surface area contributed by atoms with Crippen LogP contribution in [-0.2, 0) is 4.79 Å². The van der Waals surface area contributed by atoms with Crippen LogP contribution in [0.15, 0.2) is 43.1 Å². The fourth-order valence-corrected chi connectivity index (χ4v) is 2.29. The molecule has 1 aliphatic rings. The van der Waals surface area contributed by atoms with Gasteiger partial charge in [-0.1, -0.05) is 43.3 Å². The first-order valence-corrected chi connectivity index (χ1v) is 6.26. The smallest absolute Gasteiger partial charge is 0.237 e. The van der Waals surface area contributed by atoms with Gasteiger partial charge >= 0.3 is 0 Å². The standard InChI is InChI=1S/C15H17NO2/c1-2-16-11-7-6-10-13(15(16)18)14(17)12-8-4-3-5-9-12/h2-5,8-9,13H,1,6-7,10-11H2/t13-/m1/s1. The van der Waals surface area contributed by atoms with Crippen LogP contribution in [0.4, 0.5) is 0 Å². The Morgan fingerprint density at radius 3 is 2.67 bits per heavy atom. The van der Waals surface area contributed by atoms with Crippen LogP contribution < -0.4 is 0 Å². The molecule has 1 atom stereocenters. The molecule has 1 aromatic carbocycles. The molecule has 1 heterocycles. The zero-order valence-electron chi connectivity index (χ0n) is 10.3. The lowest BCUT2D eigenvalue weighted by Crippen LogP contribution is -2.34. The van der Waals surface area contributed by atoms with E-state index in [1.54, 1.807) is 17.0 Å². The van der Waals surface area contributed by atoms with Gasteiger partial charge in [-0.15, -0.1) is 0 Å². The van der Waals surface area contributed by atoms with Gasteiger partial charge in [0.15, 0.2) is 5.78 Å². The highest BCUT2D eigenvalue weighted by molar-refractivity contribution is 6.10. The Labute approximate surface area is 107 Å². The van der Waals surface area contributed by atoms with Crippen molar-refractivity contribution in [3.63, 3.8) is 0 Å². The van der Waals surface area contributed by atoms with Crippen molar-refractivity contribution in [2.75, 3.05) is 6.54 Å². The highest BCUT2D eigenvalue weighted by atomic mass is 16.2. The summed E-state index contributed by atoms with van der Waals surface area (Å²) in [5, 5.41) is 0. The molecule has 0 unspecified atom stereocenters. The lowest BCUT2D eigenvalue weighted by Gasteiger charge is -2.19. The molecular weight excluding hydrogens is 226 g/mol. The van der Waals surface area contributed by atoms with Crippen LogP contribution in [0.5, 0.6) is 0 Å². The first kappa shape index (κ1) is 12.6. The molecule has 1 fully saturated rings. The number of likely N-dealkylation sites (tertiary alicyclic amines) is 1. The lowest BCUT2D eigenvalue weighted by molar-refractivity contribution is -0.130. The summed E-state index contributed by atoms with van der Waals surface area (Å²) in [6.07, 6.45) is 3.99. The number of carbonyl (C=O) groups excluding carboxylic acids is 2. The summed E-state index contributed by atoms with van der Waals surface area (Å²) in [6, 6.07) is 9.03. The van der Waals surface area contributed by atoms with Crippen molar-refractivity contribution in [3.05, 3.63) is 48.7 Å². The van der Waals surface area contributed by atoms with Crippen LogP contribution in [0.25, 0.3) is 0 Å². The topological polar surface area (TPSA) is 37.4 Å². The predicted molar refractivity (Wildman–Crippen MR) is 70.0 cm³/mol. The fraction of sp³-hybridized carbons (Fsp3) is 0.333. The molecule has 94 valence electrons. The van der Waals surface area contributed by atoms with E-state index >= 15 is 0 Å². The minimum Gasteiger partial charge on any atom is -0.319 e. The van der Waals surface area contributed by atoms with E-state index in [0.29, 0.717) is 18.5 Å². The van der Waals surface area contributed by atoms with Crippen molar-refractivity contribution in [2.45, 2.75) is 19.3 Å². The van der Waals surface area contributed by atoms with Gasteiger partial charge in [-0.25, -0.2) is 0 Å². The molecule has 18 heavy (non-hydrogen) atoms. The minimum atomic E-state index is -0.548. The van der Waals surface area contributed by atoms with E-state index in [9.17, 15) is 9.59 Å². The molecule has 0 saturated carbocycles. The van der Waals surface area contributed by atoms with Crippen molar-refractivity contribution in [3.8, 4) is 0 Å². The average molecular weight is 243 g/mol. The number of Topliss-reactive ketones (excluding diaryl/α,β-unsaturated/α-hetero) is 1. The minimum absolute atomic E-state index is 0.0747. The molecule has 0 aromatic heterocycles. The zero-order chi connectivity index (χ0) is 13.0. The van der Waals surface area contributed by atoms with Crippen molar-refractivity contribution in [1.29, 1.82) is 0 Å². The maximum absolute atomic E-state index is 12.3. The van der Waals surface area contributed by atoms with Gasteiger partial charge in [0.25, 0.3) is 0 Å². The van der Waals surface area contributed by atoms with Gasteiger partial charge in [0.1, 0.15) is 5.92 Å². The Balaban J connectivity index is 2.23. The van der Waals surface area contributed by atoms with E-state index in [2.05, 4.69) is 6.58 Å². The summed E-state index contributed by atoms with van der Waals surface area (Å²) < 4.78 is 0. The van der Waals surface area contributed by atoms with Crippen molar-refractivity contribution >= 4 is 11.7 Å². The van der Waals surface area contributed by atoms with Crippen LogP contribution >= 0.6 is 0 Å². The largest absolute Gasteiger partial charge is 0.319 e. The maximum Gasteiger partial charge on any atom is 0.237 e. The third-order valence-electron chi connectivity index (χ3n) is 3.32. The molecule has 1 amide bonds. The van der Waals surface area contributed by atoms with Gasteiger partial charge in [-0.05, 0) is 19.0 Å².